The lowest BCUT2D eigenvalue weighted by atomic mass is 9.83. The largest absolute Gasteiger partial charge is 0.391 e. The van der Waals surface area contributed by atoms with Crippen LogP contribution in [0.5, 0.6) is 0 Å². The van der Waals surface area contributed by atoms with Crippen molar-refractivity contribution in [2.45, 2.75) is 142 Å². The highest BCUT2D eigenvalue weighted by Gasteiger charge is 2.38. The van der Waals surface area contributed by atoms with Gasteiger partial charge >= 0.3 is 0 Å². The van der Waals surface area contributed by atoms with Gasteiger partial charge in [0.05, 0.1) is 23.2 Å². The number of likely N-dealkylation sites (tertiary alicyclic amines) is 3. The van der Waals surface area contributed by atoms with Gasteiger partial charge in [0.15, 0.2) is 27.2 Å². The molecule has 85 heavy (non-hydrogen) atoms. The van der Waals surface area contributed by atoms with E-state index in [2.05, 4.69) is 94.4 Å². The number of Topliss-reactive ketones (excluding diaryl/α,β-unsaturated/α-hetero) is 3. The van der Waals surface area contributed by atoms with Gasteiger partial charge in [-0.15, -0.1) is 23.5 Å². The molecule has 0 bridgehead atoms. The first kappa shape index (κ1) is 62.8. The first-order valence-corrected chi connectivity index (χ1v) is 35.0. The minimum Gasteiger partial charge on any atom is -0.391 e. The molecule has 3 fully saturated rings. The van der Waals surface area contributed by atoms with Crippen molar-refractivity contribution in [1.82, 2.24) is 14.7 Å². The summed E-state index contributed by atoms with van der Waals surface area (Å²) in [6.45, 7) is 7.34. The molecular weight excluding hydrogens is 1120 g/mol. The summed E-state index contributed by atoms with van der Waals surface area (Å²) < 4.78 is 23.2. The molecular formula is C71H85N3O8S3. The van der Waals surface area contributed by atoms with E-state index in [1.165, 1.54) is 55.3 Å². The summed E-state index contributed by atoms with van der Waals surface area (Å²) in [5.74, 6) is 1.91. The standard InChI is InChI=1S/C25H31NO2S.C23H27NO4S.C23H27NO2S/c1-2-15-29-22-9-7-18(8-10-22)25(28)19-11-13-26(14-12-19)23-16-20-5-3-4-6-21(20)17-24(23)27;1-29(27,28)20-8-6-16(7-9-20)23(26)17-10-12-24(13-11-17)21-14-18-4-2-3-5-19(18)15-22(21)25;1-27-20-8-6-16(7-9-20)23(26)17-10-12-24(13-11-17)21-14-18-4-2-3-5-19(18)15-22(21)25/h3-10,19,23-24,27H,2,11-17H2,1H3;2-9,17,21-22,25H,10-15H2,1H3;2-9,17,21-22,25H,10-15H2,1H3/t23-,24-;21?,22-;21-,22-/m111/s1. The molecule has 3 aliphatic heterocycles. The van der Waals surface area contributed by atoms with Crippen LogP contribution in [-0.2, 0) is 48.4 Å². The van der Waals surface area contributed by atoms with E-state index in [-0.39, 0.29) is 76.4 Å². The average Bonchev–Trinajstić information content (AvgIpc) is 3.65. The molecule has 3 heterocycles. The molecule has 11 nitrogen and oxygen atoms in total. The van der Waals surface area contributed by atoms with E-state index in [9.17, 15) is 38.1 Å². The molecule has 6 atom stereocenters. The third-order valence-corrected chi connectivity index (χ3v) is 22.0. The SMILES string of the molecule is CCCSc1ccc(C(=O)C2CCN([C@@H]3Cc4ccccc4C[C@H]3O)CC2)cc1.CS(=O)(=O)c1ccc(C(=O)C2CCN(C3Cc4ccccc4C[C@H]3O)CC2)cc1.CSc1ccc(C(=O)C2CCN([C@@H]3Cc4ccccc4C[C@H]3O)CC2)cc1. The molecule has 6 aromatic rings. The van der Waals surface area contributed by atoms with Gasteiger partial charge in [0, 0.05) is 87.9 Å². The van der Waals surface area contributed by atoms with E-state index in [0.717, 1.165) is 139 Å². The number of piperidine rings is 3. The van der Waals surface area contributed by atoms with E-state index < -0.39 is 9.84 Å². The summed E-state index contributed by atoms with van der Waals surface area (Å²) in [4.78, 5) is 48.5. The number of ketones is 3. The number of hydrogen-bond donors (Lipinski definition) is 3. The van der Waals surface area contributed by atoms with Crippen molar-refractivity contribution in [3.8, 4) is 0 Å². The minimum absolute atomic E-state index is 0.0525. The van der Waals surface area contributed by atoms with Crippen LogP contribution in [-0.4, -0.2) is 150 Å². The van der Waals surface area contributed by atoms with Gasteiger partial charge < -0.3 is 15.3 Å². The number of carbonyl (C=O) groups is 3. The third-order valence-electron chi connectivity index (χ3n) is 18.9. The second kappa shape index (κ2) is 29.2. The van der Waals surface area contributed by atoms with Crippen LogP contribution in [0.15, 0.2) is 160 Å². The van der Waals surface area contributed by atoms with Crippen LogP contribution in [0.3, 0.4) is 0 Å². The molecule has 450 valence electrons. The molecule has 0 amide bonds. The van der Waals surface area contributed by atoms with Crippen LogP contribution in [0, 0.1) is 17.8 Å². The molecule has 0 aromatic heterocycles. The lowest BCUT2D eigenvalue weighted by molar-refractivity contribution is 0.0237. The Balaban J connectivity index is 0.000000142. The van der Waals surface area contributed by atoms with Crippen LogP contribution >= 0.6 is 23.5 Å². The van der Waals surface area contributed by atoms with Gasteiger partial charge in [0.25, 0.3) is 0 Å². The molecule has 6 aromatic carbocycles. The Morgan fingerprint density at radius 3 is 1.00 bits per heavy atom. The van der Waals surface area contributed by atoms with Crippen LogP contribution in [0.1, 0.15) is 116 Å². The van der Waals surface area contributed by atoms with Gasteiger partial charge in [-0.3, -0.25) is 29.1 Å². The number of carbonyl (C=O) groups excluding carboxylic acids is 3. The highest BCUT2D eigenvalue weighted by atomic mass is 32.2. The quantitative estimate of drug-likeness (QED) is 0.0700. The molecule has 12 rings (SSSR count). The van der Waals surface area contributed by atoms with Crippen LogP contribution < -0.4 is 0 Å². The fourth-order valence-electron chi connectivity index (χ4n) is 13.9. The molecule has 3 N–H and O–H groups in total. The number of aliphatic hydroxyl groups excluding tert-OH is 3. The van der Waals surface area contributed by atoms with Crippen LogP contribution in [0.25, 0.3) is 0 Å². The third kappa shape index (κ3) is 15.7. The van der Waals surface area contributed by atoms with E-state index in [4.69, 9.17) is 0 Å². The first-order valence-electron chi connectivity index (χ1n) is 30.9. The molecule has 3 aliphatic carbocycles. The minimum atomic E-state index is -3.26. The maximum absolute atomic E-state index is 13.0. The van der Waals surface area contributed by atoms with Gasteiger partial charge in [0.2, 0.25) is 0 Å². The fraction of sp³-hybridized carbons (Fsp3) is 0.451. The van der Waals surface area contributed by atoms with Crippen molar-refractivity contribution in [3.63, 3.8) is 0 Å². The number of nitrogens with zero attached hydrogens (tertiary/aromatic N) is 3. The lowest BCUT2D eigenvalue weighted by Crippen LogP contribution is -2.51. The van der Waals surface area contributed by atoms with E-state index in [0.29, 0.717) is 12.0 Å². The number of benzene rings is 6. The predicted molar refractivity (Wildman–Crippen MR) is 342 cm³/mol. The number of sulfone groups is 1. The number of rotatable bonds is 14. The van der Waals surface area contributed by atoms with Gasteiger partial charge in [0.1, 0.15) is 0 Å². The highest BCUT2D eigenvalue weighted by Crippen LogP contribution is 2.34. The Labute approximate surface area is 512 Å². The number of hydrogen-bond acceptors (Lipinski definition) is 13. The Bertz CT molecular complexity index is 3320. The average molecular weight is 1200 g/mol. The maximum Gasteiger partial charge on any atom is 0.175 e. The monoisotopic (exact) mass is 1200 g/mol. The zero-order chi connectivity index (χ0) is 59.6. The van der Waals surface area contributed by atoms with Gasteiger partial charge in [-0.25, -0.2) is 8.42 Å². The summed E-state index contributed by atoms with van der Waals surface area (Å²) in [5.41, 5.74) is 10.1. The molecule has 14 heteroatoms. The number of thioether (sulfide) groups is 2. The predicted octanol–water partition coefficient (Wildman–Crippen LogP) is 11.0. The highest BCUT2D eigenvalue weighted by molar-refractivity contribution is 7.99. The van der Waals surface area contributed by atoms with E-state index >= 15 is 0 Å². The Morgan fingerprint density at radius 1 is 0.435 bits per heavy atom. The van der Waals surface area contributed by atoms with Crippen molar-refractivity contribution in [2.24, 2.45) is 17.8 Å². The van der Waals surface area contributed by atoms with Crippen molar-refractivity contribution in [2.75, 3.05) is 57.5 Å². The number of fused-ring (bicyclic) bond motifs is 3. The molecule has 0 spiro atoms. The van der Waals surface area contributed by atoms with Crippen molar-refractivity contribution in [1.29, 1.82) is 0 Å². The van der Waals surface area contributed by atoms with Crippen LogP contribution in [0.2, 0.25) is 0 Å². The Hall–Kier alpha value is -5.26. The first-order chi connectivity index (χ1) is 41.1. The zero-order valence-electron chi connectivity index (χ0n) is 49.6. The van der Waals surface area contributed by atoms with Gasteiger partial charge in [-0.05, 0) is 185 Å². The van der Waals surface area contributed by atoms with Gasteiger partial charge in [-0.2, -0.15) is 0 Å². The summed E-state index contributed by atoms with van der Waals surface area (Å²) in [7, 11) is -3.26. The topological polar surface area (TPSA) is 156 Å². The summed E-state index contributed by atoms with van der Waals surface area (Å²) in [6, 6.07) is 48.1. The summed E-state index contributed by atoms with van der Waals surface area (Å²) >= 11 is 3.54. The van der Waals surface area contributed by atoms with Crippen LogP contribution in [0.4, 0.5) is 0 Å². The fourth-order valence-corrected chi connectivity index (χ4v) is 15.7. The molecule has 1 unspecified atom stereocenters. The Kier molecular flexibility index (Phi) is 21.5. The summed E-state index contributed by atoms with van der Waals surface area (Å²) in [6.07, 6.45) is 13.3. The second-order valence-corrected chi connectivity index (χ2v) is 28.4. The smallest absolute Gasteiger partial charge is 0.175 e. The zero-order valence-corrected chi connectivity index (χ0v) is 52.1. The van der Waals surface area contributed by atoms with E-state index in [1.54, 1.807) is 23.9 Å². The van der Waals surface area contributed by atoms with Crippen molar-refractivity contribution >= 4 is 50.7 Å². The number of aliphatic hydroxyl groups is 3. The Morgan fingerprint density at radius 2 is 0.718 bits per heavy atom. The molecule has 3 saturated heterocycles. The normalized spacial score (nSPS) is 23.4. The molecule has 0 saturated carbocycles. The summed E-state index contributed by atoms with van der Waals surface area (Å²) in [5, 5.41) is 32.0. The molecule has 6 aliphatic rings. The van der Waals surface area contributed by atoms with Gasteiger partial charge in [-0.1, -0.05) is 116 Å². The van der Waals surface area contributed by atoms with E-state index in [1.807, 2.05) is 66.5 Å². The molecule has 0 radical (unpaired) electrons. The van der Waals surface area contributed by atoms with Crippen molar-refractivity contribution in [3.05, 3.63) is 196 Å². The lowest BCUT2D eigenvalue weighted by Gasteiger charge is -2.41. The van der Waals surface area contributed by atoms with Crippen molar-refractivity contribution < 1.29 is 38.1 Å². The maximum atomic E-state index is 13.0. The second-order valence-electron chi connectivity index (χ2n) is 24.4.